The second kappa shape index (κ2) is 14.6. The van der Waals surface area contributed by atoms with E-state index in [1.807, 2.05) is 6.92 Å². The topological polar surface area (TPSA) is 18.5 Å². The Morgan fingerprint density at radius 1 is 0.646 bits per heavy atom. The van der Waals surface area contributed by atoms with Crippen molar-refractivity contribution < 1.29 is 49.0 Å². The highest BCUT2D eigenvalue weighted by Crippen LogP contribution is 2.41. The van der Waals surface area contributed by atoms with Crippen LogP contribution in [0.2, 0.25) is 0 Å². The van der Waals surface area contributed by atoms with Gasteiger partial charge in [-0.05, 0) is 103 Å². The standard InChI is InChI=1S/C37H33F9O2/c1-2-3-4-5-22-6-16-30(33(40)18-22)36(42,43)47-27-12-7-23(8-13-27)24-9-14-28(31(38)19-24)25-10-15-29(32(39)20-25)26-11-17-35(34(41)21-26)48-37(44,45)46/h6,9-11,14-21,23,27H,2-5,7-8,12-13H2,1H3. The van der Waals surface area contributed by atoms with E-state index in [1.165, 1.54) is 30.3 Å². The van der Waals surface area contributed by atoms with Crippen LogP contribution >= 0.6 is 0 Å². The van der Waals surface area contributed by atoms with Gasteiger partial charge >= 0.3 is 12.5 Å². The average Bonchev–Trinajstić information content (AvgIpc) is 3.02. The molecule has 1 fully saturated rings. The predicted molar refractivity (Wildman–Crippen MR) is 163 cm³/mol. The third-order valence-electron chi connectivity index (χ3n) is 8.62. The fourth-order valence-electron chi connectivity index (χ4n) is 6.13. The highest BCUT2D eigenvalue weighted by Gasteiger charge is 2.40. The largest absolute Gasteiger partial charge is 0.573 e. The van der Waals surface area contributed by atoms with Gasteiger partial charge in [-0.3, -0.25) is 0 Å². The van der Waals surface area contributed by atoms with E-state index in [9.17, 15) is 30.7 Å². The Morgan fingerprint density at radius 3 is 1.85 bits per heavy atom. The molecule has 256 valence electrons. The van der Waals surface area contributed by atoms with Crippen molar-refractivity contribution in [3.63, 3.8) is 0 Å². The molecule has 0 bridgehead atoms. The zero-order valence-corrected chi connectivity index (χ0v) is 26.0. The smallest absolute Gasteiger partial charge is 0.403 e. The number of hydrogen-bond donors (Lipinski definition) is 0. The number of benzene rings is 4. The van der Waals surface area contributed by atoms with E-state index in [1.54, 1.807) is 6.07 Å². The summed E-state index contributed by atoms with van der Waals surface area (Å²) in [5, 5.41) is 0. The Kier molecular flexibility index (Phi) is 10.8. The van der Waals surface area contributed by atoms with Crippen molar-refractivity contribution in [1.29, 1.82) is 0 Å². The first-order valence-electron chi connectivity index (χ1n) is 15.7. The van der Waals surface area contributed by atoms with E-state index >= 15 is 8.78 Å². The highest BCUT2D eigenvalue weighted by molar-refractivity contribution is 5.72. The lowest BCUT2D eigenvalue weighted by molar-refractivity contribution is -0.278. The van der Waals surface area contributed by atoms with Gasteiger partial charge in [-0.25, -0.2) is 17.6 Å². The van der Waals surface area contributed by atoms with Crippen LogP contribution in [0.1, 0.15) is 74.5 Å². The lowest BCUT2D eigenvalue weighted by atomic mass is 9.82. The molecule has 0 unspecified atom stereocenters. The summed E-state index contributed by atoms with van der Waals surface area (Å²) < 4.78 is 135. The summed E-state index contributed by atoms with van der Waals surface area (Å²) >= 11 is 0. The van der Waals surface area contributed by atoms with Crippen LogP contribution in [-0.2, 0) is 17.3 Å². The van der Waals surface area contributed by atoms with Crippen LogP contribution in [0.15, 0.2) is 72.8 Å². The molecule has 4 aromatic carbocycles. The Labute approximate surface area is 272 Å². The molecule has 0 N–H and O–H groups in total. The Balaban J connectivity index is 1.21. The number of halogens is 9. The SMILES string of the molecule is CCCCCc1ccc(C(F)(F)OC2CCC(c3ccc(-c4ccc(-c5ccc(OC(F)(F)F)c(F)c5)c(F)c4)c(F)c3)CC2)c(F)c1. The first-order chi connectivity index (χ1) is 22.7. The monoisotopic (exact) mass is 680 g/mol. The summed E-state index contributed by atoms with van der Waals surface area (Å²) in [5.74, 6) is -5.02. The van der Waals surface area contributed by atoms with E-state index in [0.717, 1.165) is 49.6 Å². The van der Waals surface area contributed by atoms with Crippen molar-refractivity contribution in [2.75, 3.05) is 0 Å². The molecule has 1 saturated carbocycles. The third-order valence-corrected chi connectivity index (χ3v) is 8.62. The Morgan fingerprint density at radius 2 is 1.27 bits per heavy atom. The van der Waals surface area contributed by atoms with Gasteiger partial charge in [0.25, 0.3) is 0 Å². The minimum Gasteiger partial charge on any atom is -0.403 e. The molecule has 0 atom stereocenters. The van der Waals surface area contributed by atoms with Gasteiger partial charge in [-0.1, -0.05) is 56.2 Å². The highest BCUT2D eigenvalue weighted by atomic mass is 19.4. The molecule has 2 nitrogen and oxygen atoms in total. The van der Waals surface area contributed by atoms with Crippen molar-refractivity contribution in [3.05, 3.63) is 113 Å². The van der Waals surface area contributed by atoms with Crippen LogP contribution in [0.3, 0.4) is 0 Å². The van der Waals surface area contributed by atoms with E-state index < -0.39 is 53.2 Å². The van der Waals surface area contributed by atoms with Crippen LogP contribution in [0.25, 0.3) is 22.3 Å². The molecule has 0 saturated heterocycles. The van der Waals surface area contributed by atoms with E-state index in [2.05, 4.69) is 4.74 Å². The molecule has 5 rings (SSSR count). The van der Waals surface area contributed by atoms with Gasteiger partial charge in [0.1, 0.15) is 17.5 Å². The average molecular weight is 681 g/mol. The number of unbranched alkanes of at least 4 members (excludes halogenated alkanes) is 2. The van der Waals surface area contributed by atoms with E-state index in [-0.39, 0.29) is 41.0 Å². The lowest BCUT2D eigenvalue weighted by Crippen LogP contribution is -2.30. The zero-order chi connectivity index (χ0) is 34.6. The van der Waals surface area contributed by atoms with Crippen molar-refractivity contribution in [2.24, 2.45) is 0 Å². The number of hydrogen-bond acceptors (Lipinski definition) is 2. The fraction of sp³-hybridized carbons (Fsp3) is 0.351. The molecule has 0 aromatic heterocycles. The van der Waals surface area contributed by atoms with Gasteiger partial charge in [-0.15, -0.1) is 13.2 Å². The van der Waals surface area contributed by atoms with Gasteiger partial charge < -0.3 is 9.47 Å². The van der Waals surface area contributed by atoms with Crippen LogP contribution in [0.5, 0.6) is 5.75 Å². The lowest BCUT2D eigenvalue weighted by Gasteiger charge is -2.31. The number of rotatable bonds is 11. The number of ether oxygens (including phenoxy) is 2. The third kappa shape index (κ3) is 8.53. The van der Waals surface area contributed by atoms with Crippen LogP contribution in [0.4, 0.5) is 39.5 Å². The summed E-state index contributed by atoms with van der Waals surface area (Å²) in [4.78, 5) is 0. The van der Waals surface area contributed by atoms with Gasteiger partial charge in [-0.2, -0.15) is 8.78 Å². The summed E-state index contributed by atoms with van der Waals surface area (Å²) in [7, 11) is 0. The van der Waals surface area contributed by atoms with Gasteiger partial charge in [0.15, 0.2) is 11.6 Å². The maximum atomic E-state index is 15.3. The summed E-state index contributed by atoms with van der Waals surface area (Å²) in [6, 6.07) is 14.4. The zero-order valence-electron chi connectivity index (χ0n) is 26.0. The molecule has 4 aromatic rings. The second-order valence-corrected chi connectivity index (χ2v) is 12.0. The van der Waals surface area contributed by atoms with Crippen LogP contribution in [-0.4, -0.2) is 12.5 Å². The predicted octanol–water partition coefficient (Wildman–Crippen LogP) is 12.0. The van der Waals surface area contributed by atoms with E-state index in [4.69, 9.17) is 4.74 Å². The molecule has 1 aliphatic rings. The number of aryl methyl sites for hydroxylation is 1. The molecule has 1 aliphatic carbocycles. The molecular weight excluding hydrogens is 647 g/mol. The molecule has 0 amide bonds. The first-order valence-corrected chi connectivity index (χ1v) is 15.7. The van der Waals surface area contributed by atoms with Crippen LogP contribution < -0.4 is 4.74 Å². The Hall–Kier alpha value is -3.99. The van der Waals surface area contributed by atoms with Crippen molar-refractivity contribution in [2.45, 2.75) is 82.8 Å². The number of alkyl halides is 5. The molecule has 0 aliphatic heterocycles. The Bertz CT molecular complexity index is 1730. The van der Waals surface area contributed by atoms with Crippen LogP contribution in [0, 0.1) is 23.3 Å². The first kappa shape index (κ1) is 35.3. The molecule has 0 spiro atoms. The maximum Gasteiger partial charge on any atom is 0.573 e. The molecule has 0 radical (unpaired) electrons. The second-order valence-electron chi connectivity index (χ2n) is 12.0. The molecule has 48 heavy (non-hydrogen) atoms. The van der Waals surface area contributed by atoms with Crippen molar-refractivity contribution in [3.8, 4) is 28.0 Å². The molecule has 0 heterocycles. The minimum atomic E-state index is -5.09. The minimum absolute atomic E-state index is 0.0416. The maximum absolute atomic E-state index is 15.3. The quantitative estimate of drug-likeness (QED) is 0.116. The summed E-state index contributed by atoms with van der Waals surface area (Å²) in [6.45, 7) is 2.04. The summed E-state index contributed by atoms with van der Waals surface area (Å²) in [5.41, 5.74) is 0.606. The van der Waals surface area contributed by atoms with Gasteiger partial charge in [0.2, 0.25) is 0 Å². The van der Waals surface area contributed by atoms with Gasteiger partial charge in [0, 0.05) is 11.1 Å². The molecular formula is C37H33F9O2. The van der Waals surface area contributed by atoms with Gasteiger partial charge in [0.05, 0.1) is 11.7 Å². The fourth-order valence-corrected chi connectivity index (χ4v) is 6.13. The van der Waals surface area contributed by atoms with E-state index in [0.29, 0.717) is 36.5 Å². The summed E-state index contributed by atoms with van der Waals surface area (Å²) in [6.07, 6.45) is -4.90. The van der Waals surface area contributed by atoms with Crippen molar-refractivity contribution in [1.82, 2.24) is 0 Å². The normalized spacial score (nSPS) is 17.0. The van der Waals surface area contributed by atoms with Crippen molar-refractivity contribution >= 4 is 0 Å². The molecule has 11 heteroatoms.